The van der Waals surface area contributed by atoms with E-state index in [1.165, 1.54) is 27.5 Å². The molecule has 0 fully saturated rings. The minimum absolute atomic E-state index is 0.543. The van der Waals surface area contributed by atoms with Crippen molar-refractivity contribution in [1.82, 2.24) is 15.0 Å². The van der Waals surface area contributed by atoms with Crippen LogP contribution in [0.3, 0.4) is 0 Å². The number of hydrogen-bond acceptors (Lipinski definition) is 5. The number of fused-ring (bicyclic) bond motifs is 3. The molecule has 0 aliphatic rings. The van der Waals surface area contributed by atoms with Crippen molar-refractivity contribution >= 4 is 106 Å². The van der Waals surface area contributed by atoms with Crippen molar-refractivity contribution in [2.75, 3.05) is 4.90 Å². The van der Waals surface area contributed by atoms with Gasteiger partial charge in [0.1, 0.15) is 50.4 Å². The number of para-hydroxylation sites is 1. The summed E-state index contributed by atoms with van der Waals surface area (Å²) in [6, 6.07) is 70.2. The van der Waals surface area contributed by atoms with Gasteiger partial charge < -0.3 is 9.32 Å². The molecule has 0 unspecified atom stereocenters. The van der Waals surface area contributed by atoms with Crippen LogP contribution in [0.25, 0.3) is 89.5 Å². The normalized spacial score (nSPS) is 11.3. The summed E-state index contributed by atoms with van der Waals surface area (Å²) in [6.07, 6.45) is 0. The molecule has 2 heterocycles. The monoisotopic (exact) mass is 854 g/mol. The van der Waals surface area contributed by atoms with Gasteiger partial charge in [0.15, 0.2) is 17.5 Å². The Hall–Kier alpha value is -8.09. The van der Waals surface area contributed by atoms with E-state index in [-0.39, 0.29) is 0 Å². The van der Waals surface area contributed by atoms with E-state index in [1.807, 2.05) is 18.2 Å². The molecule has 0 saturated heterocycles. The number of aromatic nitrogens is 3. The van der Waals surface area contributed by atoms with Gasteiger partial charge in [-0.15, -0.1) is 16.4 Å². The van der Waals surface area contributed by atoms with Gasteiger partial charge in [0.2, 0.25) is 0 Å². The van der Waals surface area contributed by atoms with Gasteiger partial charge in [0.05, 0.1) is 16.6 Å². The zero-order valence-electron chi connectivity index (χ0n) is 38.2. The van der Waals surface area contributed by atoms with Crippen LogP contribution in [0, 0.1) is 0 Å². The van der Waals surface area contributed by atoms with Crippen LogP contribution in [0.4, 0.5) is 17.1 Å². The van der Waals surface area contributed by atoms with Crippen LogP contribution in [-0.4, -0.2) is 54.2 Å². The van der Waals surface area contributed by atoms with Gasteiger partial charge in [-0.2, -0.15) is 0 Å². The first-order valence-electron chi connectivity index (χ1n) is 22.9. The van der Waals surface area contributed by atoms with Gasteiger partial charge in [-0.1, -0.05) is 163 Å². The van der Waals surface area contributed by atoms with Gasteiger partial charge in [-0.05, 0) is 81.9 Å². The number of benzene rings is 9. The Kier molecular flexibility index (Phi) is 10.8. The lowest BCUT2D eigenvalue weighted by Gasteiger charge is -2.27. The molecule has 11 rings (SSSR count). The van der Waals surface area contributed by atoms with E-state index in [2.05, 4.69) is 226 Å². The summed E-state index contributed by atoms with van der Waals surface area (Å²) in [5.41, 5.74) is 20.2. The fourth-order valence-corrected chi connectivity index (χ4v) is 9.51. The summed E-state index contributed by atoms with van der Waals surface area (Å²) in [5, 5.41) is 1.97. The van der Waals surface area contributed by atoms with Gasteiger partial charge in [-0.3, -0.25) is 0 Å². The van der Waals surface area contributed by atoms with Crippen molar-refractivity contribution in [3.63, 3.8) is 0 Å². The zero-order chi connectivity index (χ0) is 45.6. The average molecular weight is 854 g/mol. The second kappa shape index (κ2) is 17.4. The third kappa shape index (κ3) is 7.64. The van der Waals surface area contributed by atoms with E-state index in [4.69, 9.17) is 19.4 Å². The van der Waals surface area contributed by atoms with Crippen LogP contribution >= 0.6 is 0 Å². The second-order valence-electron chi connectivity index (χ2n) is 17.3. The molecule has 2 aromatic heterocycles. The minimum Gasteiger partial charge on any atom is -0.455 e. The maximum atomic E-state index is 7.00. The SMILES string of the molecule is Bc1c(B)c(B)c(-c2nc(-c3cccc(-c4ccccc4)c3)nc(-c3ccc(N(c4ccc(-c5ccccc5)cc4)c4ccc(-c5ccccc5)cc4)c4c3oc3ccccc34)n2)c(B)c1B. The van der Waals surface area contributed by atoms with Gasteiger partial charge >= 0.3 is 0 Å². The number of anilines is 3. The standard InChI is InChI=1S/C57H43B5N4O/c58-49-48(50(59)52(61)53(62)51(49)60)57-64-55(40-20-12-19-39(33-40)36-17-8-3-9-18-36)63-56(65-57)44-31-32-45(47-43-21-10-11-22-46(43)67-54(44)47)66(41-27-23-37(24-28-41)34-13-4-1-5-14-34)42-29-25-38(26-30-42)35-15-6-2-7-16-35/h1-33H,58-62H2. The highest BCUT2D eigenvalue weighted by molar-refractivity contribution is 6.68. The Bertz CT molecular complexity index is 3510. The number of hydrogen-bond donors (Lipinski definition) is 0. The molecule has 11 aromatic rings. The molecule has 0 amide bonds. The zero-order valence-corrected chi connectivity index (χ0v) is 38.2. The molecule has 10 heteroatoms. The largest absolute Gasteiger partial charge is 0.455 e. The van der Waals surface area contributed by atoms with Crippen LogP contribution in [0.1, 0.15) is 0 Å². The molecular weight excluding hydrogens is 811 g/mol. The van der Waals surface area contributed by atoms with Crippen LogP contribution < -0.4 is 32.2 Å². The predicted octanol–water partition coefficient (Wildman–Crippen LogP) is 6.53. The lowest BCUT2D eigenvalue weighted by molar-refractivity contribution is 0.669. The summed E-state index contributed by atoms with van der Waals surface area (Å²) >= 11 is 0. The van der Waals surface area contributed by atoms with E-state index < -0.39 is 0 Å². The maximum Gasteiger partial charge on any atom is 0.167 e. The molecule has 0 N–H and O–H groups in total. The smallest absolute Gasteiger partial charge is 0.167 e. The van der Waals surface area contributed by atoms with Crippen molar-refractivity contribution in [3.8, 4) is 67.5 Å². The first-order valence-corrected chi connectivity index (χ1v) is 22.9. The van der Waals surface area contributed by atoms with Crippen LogP contribution in [0.2, 0.25) is 0 Å². The Labute approximate surface area is 395 Å². The number of nitrogens with zero attached hydrogens (tertiary/aromatic N) is 4. The Morgan fingerprint density at radius 2 is 0.806 bits per heavy atom. The third-order valence-electron chi connectivity index (χ3n) is 13.5. The average Bonchev–Trinajstić information content (AvgIpc) is 3.79. The summed E-state index contributed by atoms with van der Waals surface area (Å²) < 4.78 is 7.00. The van der Waals surface area contributed by atoms with Crippen molar-refractivity contribution in [1.29, 1.82) is 0 Å². The Morgan fingerprint density at radius 3 is 1.39 bits per heavy atom. The van der Waals surface area contributed by atoms with Crippen LogP contribution in [0.5, 0.6) is 0 Å². The summed E-state index contributed by atoms with van der Waals surface area (Å²) in [7, 11) is 11.0. The maximum absolute atomic E-state index is 7.00. The van der Waals surface area contributed by atoms with Gasteiger partial charge in [0.25, 0.3) is 0 Å². The molecule has 67 heavy (non-hydrogen) atoms. The van der Waals surface area contributed by atoms with E-state index in [1.54, 1.807) is 0 Å². The Morgan fingerprint density at radius 1 is 0.358 bits per heavy atom. The molecule has 312 valence electrons. The lowest BCUT2D eigenvalue weighted by Crippen LogP contribution is -2.55. The molecule has 0 aliphatic carbocycles. The van der Waals surface area contributed by atoms with Gasteiger partial charge in [0, 0.05) is 27.9 Å². The van der Waals surface area contributed by atoms with Crippen molar-refractivity contribution in [2.45, 2.75) is 0 Å². The van der Waals surface area contributed by atoms with Crippen LogP contribution in [-0.2, 0) is 0 Å². The fraction of sp³-hybridized carbons (Fsp3) is 0. The topological polar surface area (TPSA) is 55.1 Å². The first-order chi connectivity index (χ1) is 32.8. The quantitative estimate of drug-likeness (QED) is 0.155. The molecule has 0 spiro atoms. The first kappa shape index (κ1) is 41.6. The fourth-order valence-electron chi connectivity index (χ4n) is 9.51. The van der Waals surface area contributed by atoms with E-state index in [0.29, 0.717) is 23.1 Å². The second-order valence-corrected chi connectivity index (χ2v) is 17.3. The molecular formula is C57H43B5N4O. The molecule has 0 aliphatic heterocycles. The summed E-state index contributed by atoms with van der Waals surface area (Å²) in [5.74, 6) is 1.78. The van der Waals surface area contributed by atoms with Gasteiger partial charge in [-0.25, -0.2) is 15.0 Å². The van der Waals surface area contributed by atoms with Crippen molar-refractivity contribution in [2.24, 2.45) is 0 Å². The van der Waals surface area contributed by atoms with E-state index >= 15 is 0 Å². The summed E-state index contributed by atoms with van der Waals surface area (Å²) in [6.45, 7) is 0. The summed E-state index contributed by atoms with van der Waals surface area (Å²) in [4.78, 5) is 18.4. The highest BCUT2D eigenvalue weighted by Gasteiger charge is 2.25. The van der Waals surface area contributed by atoms with Crippen molar-refractivity contribution < 1.29 is 4.42 Å². The van der Waals surface area contributed by atoms with Crippen LogP contribution in [0.15, 0.2) is 205 Å². The van der Waals surface area contributed by atoms with E-state index in [9.17, 15) is 0 Å². The molecule has 0 atom stereocenters. The number of rotatable bonds is 9. The molecule has 0 saturated carbocycles. The molecule has 0 bridgehead atoms. The highest BCUT2D eigenvalue weighted by atomic mass is 16.3. The van der Waals surface area contributed by atoms with Crippen molar-refractivity contribution in [3.05, 3.63) is 200 Å². The third-order valence-corrected chi connectivity index (χ3v) is 13.5. The lowest BCUT2D eigenvalue weighted by atomic mass is 9.60. The molecule has 9 aromatic carbocycles. The molecule has 5 nitrogen and oxygen atoms in total. The van der Waals surface area contributed by atoms with E-state index in [0.717, 1.165) is 83.3 Å². The Balaban J connectivity index is 1.14. The molecule has 0 radical (unpaired) electrons. The number of furan rings is 1. The highest BCUT2D eigenvalue weighted by Crippen LogP contribution is 2.46. The predicted molar refractivity (Wildman–Crippen MR) is 295 cm³/mol. The minimum atomic E-state index is 0.543.